The number of hydrogen-bond acceptors (Lipinski definition) is 5. The molecule has 0 radical (unpaired) electrons. The summed E-state index contributed by atoms with van der Waals surface area (Å²) in [6, 6.07) is 14.1. The van der Waals surface area contributed by atoms with Crippen LogP contribution in [0.1, 0.15) is 47.2 Å². The van der Waals surface area contributed by atoms with E-state index in [1.165, 1.54) is 16.7 Å². The molecule has 8 heteroatoms. The lowest BCUT2D eigenvalue weighted by Gasteiger charge is -2.31. The van der Waals surface area contributed by atoms with Crippen LogP contribution in [0.5, 0.6) is 0 Å². The topological polar surface area (TPSA) is 77.5 Å². The van der Waals surface area contributed by atoms with Gasteiger partial charge in [-0.2, -0.15) is 5.10 Å². The lowest BCUT2D eigenvalue weighted by atomic mass is 9.96. The quantitative estimate of drug-likeness (QED) is 0.594. The lowest BCUT2D eigenvalue weighted by Crippen LogP contribution is -2.49. The van der Waals surface area contributed by atoms with Crippen molar-refractivity contribution in [1.29, 1.82) is 0 Å². The highest BCUT2D eigenvalue weighted by atomic mass is 16.5. The number of benzene rings is 2. The average Bonchev–Trinajstić information content (AvgIpc) is 3.35. The molecule has 0 bridgehead atoms. The van der Waals surface area contributed by atoms with Gasteiger partial charge in [-0.25, -0.2) is 9.80 Å². The molecule has 1 saturated heterocycles. The highest BCUT2D eigenvalue weighted by molar-refractivity contribution is 6.03. The van der Waals surface area contributed by atoms with Gasteiger partial charge in [-0.15, -0.1) is 0 Å². The molecule has 1 unspecified atom stereocenters. The molecule has 2 heterocycles. The van der Waals surface area contributed by atoms with Crippen molar-refractivity contribution in [3.05, 3.63) is 70.3 Å². The summed E-state index contributed by atoms with van der Waals surface area (Å²) < 4.78 is 5.44. The van der Waals surface area contributed by atoms with Crippen LogP contribution < -0.4 is 5.32 Å². The molecule has 1 atom stereocenters. The van der Waals surface area contributed by atoms with Crippen LogP contribution in [0.4, 0.5) is 4.79 Å². The number of carbonyl (C=O) groups is 2. The summed E-state index contributed by atoms with van der Waals surface area (Å²) in [6.07, 6.45) is 0.631. The van der Waals surface area contributed by atoms with Crippen molar-refractivity contribution >= 4 is 17.6 Å². The number of ether oxygens (including phenoxy) is 1. The summed E-state index contributed by atoms with van der Waals surface area (Å²) in [5.41, 5.74) is 6.55. The molecule has 0 aliphatic carbocycles. The van der Waals surface area contributed by atoms with Crippen molar-refractivity contribution in [2.45, 2.75) is 40.2 Å². The van der Waals surface area contributed by atoms with Gasteiger partial charge in [-0.1, -0.05) is 42.0 Å². The average molecular weight is 506 g/mol. The predicted molar refractivity (Wildman–Crippen MR) is 146 cm³/mol. The van der Waals surface area contributed by atoms with Gasteiger partial charge in [0.1, 0.15) is 6.54 Å². The summed E-state index contributed by atoms with van der Waals surface area (Å²) in [4.78, 5) is 30.5. The van der Waals surface area contributed by atoms with Gasteiger partial charge in [-0.3, -0.25) is 9.69 Å². The number of rotatable bonds is 8. The molecule has 0 aromatic heterocycles. The van der Waals surface area contributed by atoms with E-state index in [4.69, 9.17) is 9.84 Å². The van der Waals surface area contributed by atoms with Gasteiger partial charge < -0.3 is 15.0 Å². The highest BCUT2D eigenvalue weighted by Gasteiger charge is 2.34. The van der Waals surface area contributed by atoms with Gasteiger partial charge in [0.25, 0.3) is 5.91 Å². The van der Waals surface area contributed by atoms with Crippen LogP contribution in [0.15, 0.2) is 47.6 Å². The zero-order valence-electron chi connectivity index (χ0n) is 22.5. The van der Waals surface area contributed by atoms with E-state index in [2.05, 4.69) is 73.5 Å². The number of nitrogens with zero attached hydrogens (tertiary/aromatic N) is 4. The van der Waals surface area contributed by atoms with Crippen LogP contribution in [-0.2, 0) is 9.53 Å². The molecule has 0 spiro atoms. The van der Waals surface area contributed by atoms with Crippen LogP contribution in [0.3, 0.4) is 0 Å². The highest BCUT2D eigenvalue weighted by Crippen LogP contribution is 2.33. The van der Waals surface area contributed by atoms with E-state index in [1.807, 2.05) is 6.92 Å². The van der Waals surface area contributed by atoms with E-state index in [-0.39, 0.29) is 24.5 Å². The van der Waals surface area contributed by atoms with Crippen molar-refractivity contribution in [3.8, 4) is 0 Å². The maximum absolute atomic E-state index is 13.7. The van der Waals surface area contributed by atoms with Crippen LogP contribution >= 0.6 is 0 Å². The predicted octanol–water partition coefficient (Wildman–Crippen LogP) is 3.65. The zero-order valence-corrected chi connectivity index (χ0v) is 22.5. The third kappa shape index (κ3) is 6.76. The fourth-order valence-corrected chi connectivity index (χ4v) is 4.72. The Kier molecular flexibility index (Phi) is 8.95. The van der Waals surface area contributed by atoms with Crippen molar-refractivity contribution in [1.82, 2.24) is 20.1 Å². The first kappa shape index (κ1) is 26.8. The van der Waals surface area contributed by atoms with Gasteiger partial charge in [0, 0.05) is 39.1 Å². The van der Waals surface area contributed by atoms with Gasteiger partial charge in [0.2, 0.25) is 0 Å². The number of hydrogen-bond donors (Lipinski definition) is 1. The molecule has 2 aliphatic heterocycles. The molecule has 0 saturated carbocycles. The minimum absolute atomic E-state index is 0.0256. The normalized spacial score (nSPS) is 18.0. The van der Waals surface area contributed by atoms with Crippen molar-refractivity contribution in [2.24, 2.45) is 5.10 Å². The van der Waals surface area contributed by atoms with Gasteiger partial charge in [-0.05, 0) is 56.0 Å². The van der Waals surface area contributed by atoms with E-state index in [0.717, 1.165) is 29.9 Å². The van der Waals surface area contributed by atoms with Gasteiger partial charge >= 0.3 is 6.03 Å². The molecule has 1 N–H and O–H groups in total. The Morgan fingerprint density at radius 3 is 2.46 bits per heavy atom. The molecule has 4 rings (SSSR count). The molecule has 2 aliphatic rings. The molecular weight excluding hydrogens is 466 g/mol. The molecule has 1 fully saturated rings. The van der Waals surface area contributed by atoms with Crippen molar-refractivity contribution in [2.75, 3.05) is 52.5 Å². The van der Waals surface area contributed by atoms with E-state index >= 15 is 0 Å². The Hall–Kier alpha value is -3.23. The van der Waals surface area contributed by atoms with Crippen molar-refractivity contribution < 1.29 is 14.3 Å². The Bertz CT molecular complexity index is 1120. The maximum atomic E-state index is 13.7. The van der Waals surface area contributed by atoms with Crippen LogP contribution in [0.25, 0.3) is 0 Å². The Balaban J connectivity index is 1.56. The van der Waals surface area contributed by atoms with Gasteiger partial charge in [0.15, 0.2) is 0 Å². The smallest absolute Gasteiger partial charge is 0.317 e. The monoisotopic (exact) mass is 505 g/mol. The number of urea groups is 1. The second kappa shape index (κ2) is 12.3. The zero-order chi connectivity index (χ0) is 26.4. The summed E-state index contributed by atoms with van der Waals surface area (Å²) in [7, 11) is 0. The number of nitrogens with one attached hydrogen (secondary N) is 1. The molecule has 37 heavy (non-hydrogen) atoms. The summed E-state index contributed by atoms with van der Waals surface area (Å²) in [6.45, 7) is 12.8. The Labute approximate surface area is 220 Å². The third-order valence-corrected chi connectivity index (χ3v) is 7.20. The maximum Gasteiger partial charge on any atom is 0.317 e. The molecule has 198 valence electrons. The standard InChI is InChI=1S/C29H39N5O3/c1-5-30-29(36)33(13-12-32-14-16-37-17-15-32)20-28(35)34-27(24-9-6-21(2)7-10-24)19-26(31-34)25-11-8-22(3)23(4)18-25/h6-11,18,27H,5,12-17,19-20H2,1-4H3,(H,30,36). The van der Waals surface area contributed by atoms with E-state index < -0.39 is 0 Å². The first-order chi connectivity index (χ1) is 17.9. The summed E-state index contributed by atoms with van der Waals surface area (Å²) >= 11 is 0. The summed E-state index contributed by atoms with van der Waals surface area (Å²) in [5.74, 6) is -0.183. The minimum Gasteiger partial charge on any atom is -0.379 e. The van der Waals surface area contributed by atoms with Crippen LogP contribution in [0, 0.1) is 20.8 Å². The molecule has 2 aromatic rings. The first-order valence-corrected chi connectivity index (χ1v) is 13.2. The van der Waals surface area contributed by atoms with Crippen molar-refractivity contribution in [3.63, 3.8) is 0 Å². The SMILES string of the molecule is CCNC(=O)N(CCN1CCOCC1)CC(=O)N1N=C(c2ccc(C)c(C)c2)CC1c1ccc(C)cc1. The van der Waals surface area contributed by atoms with Gasteiger partial charge in [0.05, 0.1) is 25.0 Å². The van der Waals surface area contributed by atoms with E-state index in [0.29, 0.717) is 39.3 Å². The molecular formula is C29H39N5O3. The number of hydrazone groups is 1. The molecule has 2 aromatic carbocycles. The number of amides is 3. The molecule has 8 nitrogen and oxygen atoms in total. The lowest BCUT2D eigenvalue weighted by molar-refractivity contribution is -0.133. The third-order valence-electron chi connectivity index (χ3n) is 7.20. The number of carbonyl (C=O) groups excluding carboxylic acids is 2. The van der Waals surface area contributed by atoms with Crippen LogP contribution in [-0.4, -0.2) is 84.9 Å². The number of aryl methyl sites for hydroxylation is 3. The van der Waals surface area contributed by atoms with Crippen LogP contribution in [0.2, 0.25) is 0 Å². The van der Waals surface area contributed by atoms with E-state index in [9.17, 15) is 9.59 Å². The number of morpholine rings is 1. The molecule has 3 amide bonds. The largest absolute Gasteiger partial charge is 0.379 e. The second-order valence-electron chi connectivity index (χ2n) is 9.93. The Morgan fingerprint density at radius 2 is 1.78 bits per heavy atom. The fraction of sp³-hybridized carbons (Fsp3) is 0.483. The van der Waals surface area contributed by atoms with E-state index in [1.54, 1.807) is 9.91 Å². The minimum atomic E-state index is -0.228. The Morgan fingerprint density at radius 1 is 1.05 bits per heavy atom. The fourth-order valence-electron chi connectivity index (χ4n) is 4.72. The first-order valence-electron chi connectivity index (χ1n) is 13.2. The second-order valence-corrected chi connectivity index (χ2v) is 9.93. The summed E-state index contributed by atoms with van der Waals surface area (Å²) in [5, 5.41) is 9.29.